The SMILES string of the molecule is C[C@@H]1CN(c2cc(-c3c4cc(OC5(C)CC5)ccc4nn3COCC[Si](C)(C)C)ncn2)C[C@H](C)N1C(=O)O. The van der Waals surface area contributed by atoms with Crippen LogP contribution in [0.3, 0.4) is 0 Å². The predicted molar refractivity (Wildman–Crippen MR) is 154 cm³/mol. The van der Waals surface area contributed by atoms with Crippen molar-refractivity contribution in [3.63, 3.8) is 0 Å². The van der Waals surface area contributed by atoms with Crippen molar-refractivity contribution in [1.82, 2.24) is 24.6 Å². The van der Waals surface area contributed by atoms with Gasteiger partial charge in [-0.1, -0.05) is 19.6 Å². The Morgan fingerprint density at radius 2 is 1.85 bits per heavy atom. The molecule has 2 atom stereocenters. The number of anilines is 1. The highest BCUT2D eigenvalue weighted by molar-refractivity contribution is 6.76. The molecule has 0 bridgehead atoms. The zero-order valence-corrected chi connectivity index (χ0v) is 24.8. The van der Waals surface area contributed by atoms with Crippen molar-refractivity contribution in [2.45, 2.75) is 83.7 Å². The highest BCUT2D eigenvalue weighted by Crippen LogP contribution is 2.41. The van der Waals surface area contributed by atoms with Gasteiger partial charge in [-0.15, -0.1) is 0 Å². The first kappa shape index (κ1) is 27.4. The predicted octanol–water partition coefficient (Wildman–Crippen LogP) is 5.31. The van der Waals surface area contributed by atoms with E-state index in [-0.39, 0.29) is 17.7 Å². The minimum Gasteiger partial charge on any atom is -0.488 e. The summed E-state index contributed by atoms with van der Waals surface area (Å²) in [6.07, 6.45) is 2.80. The second-order valence-electron chi connectivity index (χ2n) is 12.5. The molecule has 5 rings (SSSR count). The third kappa shape index (κ3) is 6.19. The highest BCUT2D eigenvalue weighted by atomic mass is 28.3. The number of rotatable bonds is 9. The molecule has 1 saturated carbocycles. The number of ether oxygens (including phenoxy) is 2. The summed E-state index contributed by atoms with van der Waals surface area (Å²) in [6, 6.07) is 8.77. The van der Waals surface area contributed by atoms with E-state index in [1.54, 1.807) is 6.33 Å². The smallest absolute Gasteiger partial charge is 0.407 e. The van der Waals surface area contributed by atoms with E-state index in [1.807, 2.05) is 36.7 Å². The van der Waals surface area contributed by atoms with Gasteiger partial charge in [0, 0.05) is 39.2 Å². The monoisotopic (exact) mass is 552 g/mol. The van der Waals surface area contributed by atoms with E-state index in [0.29, 0.717) is 26.4 Å². The van der Waals surface area contributed by atoms with Crippen LogP contribution in [0.5, 0.6) is 5.75 Å². The Bertz CT molecular complexity index is 1340. The highest BCUT2D eigenvalue weighted by Gasteiger charge is 2.40. The fourth-order valence-corrected chi connectivity index (χ4v) is 5.92. The van der Waals surface area contributed by atoms with Crippen molar-refractivity contribution >= 4 is 30.9 Å². The minimum absolute atomic E-state index is 0.0860. The number of hydrogen-bond acceptors (Lipinski definition) is 7. The van der Waals surface area contributed by atoms with Crippen LogP contribution in [0.15, 0.2) is 30.6 Å². The molecule has 2 aromatic heterocycles. The summed E-state index contributed by atoms with van der Waals surface area (Å²) < 4.78 is 14.3. The molecule has 1 aromatic carbocycles. The standard InChI is InChI=1S/C28H40N6O4Si/c1-19-15-32(16-20(2)34(19)27(35)36)25-14-24(29-17-30-25)26-22-13-21(38-28(3)9-10-28)7-8-23(22)31-33(26)18-37-11-12-39(4,5)6/h7-8,13-14,17,19-20H,9-12,15-16,18H2,1-6H3,(H,35,36)/t19-,20+. The zero-order chi connectivity index (χ0) is 27.9. The molecule has 10 nitrogen and oxygen atoms in total. The Morgan fingerprint density at radius 3 is 2.49 bits per heavy atom. The molecule has 3 heterocycles. The van der Waals surface area contributed by atoms with Gasteiger partial charge in [0.1, 0.15) is 30.2 Å². The number of aromatic nitrogens is 4. The molecule has 39 heavy (non-hydrogen) atoms. The first-order valence-corrected chi connectivity index (χ1v) is 17.5. The lowest BCUT2D eigenvalue weighted by molar-refractivity contribution is 0.0802. The summed E-state index contributed by atoms with van der Waals surface area (Å²) in [5, 5.41) is 15.4. The number of carbonyl (C=O) groups is 1. The summed E-state index contributed by atoms with van der Waals surface area (Å²) in [4.78, 5) is 24.6. The topological polar surface area (TPSA) is 106 Å². The average Bonchev–Trinajstić information content (AvgIpc) is 3.46. The van der Waals surface area contributed by atoms with Gasteiger partial charge in [0.2, 0.25) is 0 Å². The zero-order valence-electron chi connectivity index (χ0n) is 23.8. The Morgan fingerprint density at radius 1 is 1.13 bits per heavy atom. The number of fused-ring (bicyclic) bond motifs is 1. The molecular formula is C28H40N6O4Si. The fourth-order valence-electron chi connectivity index (χ4n) is 5.17. The quantitative estimate of drug-likeness (QED) is 0.281. The molecule has 1 amide bonds. The second-order valence-corrected chi connectivity index (χ2v) is 18.1. The fraction of sp³-hybridized carbons (Fsp3) is 0.571. The molecule has 0 radical (unpaired) electrons. The van der Waals surface area contributed by atoms with Crippen LogP contribution in [0.1, 0.15) is 33.6 Å². The first-order chi connectivity index (χ1) is 18.4. The van der Waals surface area contributed by atoms with Crippen molar-refractivity contribution in [2.75, 3.05) is 24.6 Å². The lowest BCUT2D eigenvalue weighted by atomic mass is 10.1. The normalized spacial score (nSPS) is 20.9. The molecule has 1 aliphatic heterocycles. The Labute approximate surface area is 230 Å². The number of carboxylic acid groups (broad SMARTS) is 1. The van der Waals surface area contributed by atoms with Crippen LogP contribution >= 0.6 is 0 Å². The lowest BCUT2D eigenvalue weighted by Gasteiger charge is -2.43. The Balaban J connectivity index is 1.48. The van der Waals surface area contributed by atoms with Gasteiger partial charge in [-0.2, -0.15) is 5.10 Å². The van der Waals surface area contributed by atoms with Gasteiger partial charge in [0.15, 0.2) is 0 Å². The van der Waals surface area contributed by atoms with Crippen molar-refractivity contribution in [3.8, 4) is 17.1 Å². The summed E-state index contributed by atoms with van der Waals surface area (Å²) in [6.45, 7) is 15.2. The van der Waals surface area contributed by atoms with Gasteiger partial charge in [-0.05, 0) is 57.9 Å². The van der Waals surface area contributed by atoms with Crippen LogP contribution in [0.2, 0.25) is 25.7 Å². The molecular weight excluding hydrogens is 512 g/mol. The Hall–Kier alpha value is -3.18. The number of amides is 1. The van der Waals surface area contributed by atoms with Crippen LogP contribution in [-0.4, -0.2) is 81.3 Å². The maximum Gasteiger partial charge on any atom is 0.407 e. The van der Waals surface area contributed by atoms with E-state index in [0.717, 1.165) is 52.7 Å². The van der Waals surface area contributed by atoms with E-state index in [1.165, 1.54) is 4.90 Å². The Kier molecular flexibility index (Phi) is 7.32. The molecule has 0 unspecified atom stereocenters. The van der Waals surface area contributed by atoms with Crippen LogP contribution in [0.4, 0.5) is 10.6 Å². The van der Waals surface area contributed by atoms with E-state index < -0.39 is 14.2 Å². The maximum atomic E-state index is 11.7. The molecule has 1 N–H and O–H groups in total. The lowest BCUT2D eigenvalue weighted by Crippen LogP contribution is -2.58. The van der Waals surface area contributed by atoms with Crippen LogP contribution < -0.4 is 9.64 Å². The molecule has 210 valence electrons. The number of benzene rings is 1. The average molecular weight is 553 g/mol. The summed E-state index contributed by atoms with van der Waals surface area (Å²) in [7, 11) is -1.22. The molecule has 1 aliphatic carbocycles. The van der Waals surface area contributed by atoms with Crippen LogP contribution in [0.25, 0.3) is 22.3 Å². The maximum absolute atomic E-state index is 11.7. The van der Waals surface area contributed by atoms with Crippen molar-refractivity contribution in [2.24, 2.45) is 0 Å². The van der Waals surface area contributed by atoms with Gasteiger partial charge in [0.05, 0.1) is 29.0 Å². The van der Waals surface area contributed by atoms with Gasteiger partial charge >= 0.3 is 6.09 Å². The van der Waals surface area contributed by atoms with Gasteiger partial charge < -0.3 is 19.5 Å². The van der Waals surface area contributed by atoms with Crippen molar-refractivity contribution in [3.05, 3.63) is 30.6 Å². The largest absolute Gasteiger partial charge is 0.488 e. The summed E-state index contributed by atoms with van der Waals surface area (Å²) >= 11 is 0. The van der Waals surface area contributed by atoms with E-state index >= 15 is 0 Å². The van der Waals surface area contributed by atoms with Crippen LogP contribution in [0, 0.1) is 0 Å². The van der Waals surface area contributed by atoms with Gasteiger partial charge in [0.25, 0.3) is 0 Å². The summed E-state index contributed by atoms with van der Waals surface area (Å²) in [5.41, 5.74) is 2.37. The molecule has 2 fully saturated rings. The first-order valence-electron chi connectivity index (χ1n) is 13.8. The molecule has 2 aliphatic rings. The number of piperazine rings is 1. The molecule has 1 saturated heterocycles. The molecule has 11 heteroatoms. The third-order valence-electron chi connectivity index (χ3n) is 7.60. The van der Waals surface area contributed by atoms with Gasteiger partial charge in [-0.3, -0.25) is 4.90 Å². The molecule has 3 aromatic rings. The minimum atomic E-state index is -1.22. The van der Waals surface area contributed by atoms with E-state index in [4.69, 9.17) is 14.6 Å². The van der Waals surface area contributed by atoms with E-state index in [9.17, 15) is 9.90 Å². The van der Waals surface area contributed by atoms with Crippen molar-refractivity contribution in [1.29, 1.82) is 0 Å². The third-order valence-corrected chi connectivity index (χ3v) is 9.30. The van der Waals surface area contributed by atoms with Crippen LogP contribution in [-0.2, 0) is 11.5 Å². The summed E-state index contributed by atoms with van der Waals surface area (Å²) in [5.74, 6) is 1.59. The number of nitrogens with zero attached hydrogens (tertiary/aromatic N) is 6. The van der Waals surface area contributed by atoms with Crippen molar-refractivity contribution < 1.29 is 19.4 Å². The van der Waals surface area contributed by atoms with E-state index in [2.05, 4.69) is 47.5 Å². The molecule has 0 spiro atoms. The number of hydrogen-bond donors (Lipinski definition) is 1. The second kappa shape index (κ2) is 10.4. The van der Waals surface area contributed by atoms with Gasteiger partial charge in [-0.25, -0.2) is 19.4 Å².